The molecule has 0 aliphatic carbocycles. The van der Waals surface area contributed by atoms with Gasteiger partial charge in [0.25, 0.3) is 0 Å². The standard InChI is InChI=1S/C26H31N/c1-8-18(4)25-20(6)14-23(22-12-16(2)11-17(3)13-22)15-24(25)26-21(7)19(5)9-10-27-26/h9-15,18H,8H2,1-7H3. The summed E-state index contributed by atoms with van der Waals surface area (Å²) in [4.78, 5) is 4.80. The maximum atomic E-state index is 4.80. The Hall–Kier alpha value is -2.41. The fraction of sp³-hybridized carbons (Fsp3) is 0.346. The molecule has 1 aromatic heterocycles. The normalized spacial score (nSPS) is 12.3. The molecule has 27 heavy (non-hydrogen) atoms. The summed E-state index contributed by atoms with van der Waals surface area (Å²) in [6.07, 6.45) is 3.07. The van der Waals surface area contributed by atoms with Crippen LogP contribution >= 0.6 is 0 Å². The molecule has 0 radical (unpaired) electrons. The van der Waals surface area contributed by atoms with Crippen LogP contribution in [0.3, 0.4) is 0 Å². The summed E-state index contributed by atoms with van der Waals surface area (Å²) in [5.74, 6) is 0.509. The number of aromatic nitrogens is 1. The monoisotopic (exact) mass is 357 g/mol. The molecule has 0 N–H and O–H groups in total. The molecule has 3 aromatic rings. The second-order valence-corrected chi connectivity index (χ2v) is 8.04. The first kappa shape index (κ1) is 19.4. The molecular weight excluding hydrogens is 326 g/mol. The Bertz CT molecular complexity index is 961. The minimum atomic E-state index is 0.509. The lowest BCUT2D eigenvalue weighted by molar-refractivity contribution is 0.729. The van der Waals surface area contributed by atoms with Gasteiger partial charge in [-0.25, -0.2) is 0 Å². The Morgan fingerprint density at radius 3 is 2.07 bits per heavy atom. The summed E-state index contributed by atoms with van der Waals surface area (Å²) >= 11 is 0. The highest BCUT2D eigenvalue weighted by molar-refractivity contribution is 5.78. The van der Waals surface area contributed by atoms with Crippen molar-refractivity contribution in [2.24, 2.45) is 0 Å². The third kappa shape index (κ3) is 3.83. The lowest BCUT2D eigenvalue weighted by Gasteiger charge is -2.21. The summed E-state index contributed by atoms with van der Waals surface area (Å²) in [7, 11) is 0. The molecule has 1 atom stereocenters. The van der Waals surface area contributed by atoms with Crippen molar-refractivity contribution in [2.75, 3.05) is 0 Å². The number of pyridine rings is 1. The van der Waals surface area contributed by atoms with Crippen LogP contribution in [0.5, 0.6) is 0 Å². The number of benzene rings is 2. The number of rotatable bonds is 4. The van der Waals surface area contributed by atoms with Crippen LogP contribution in [0.15, 0.2) is 42.6 Å². The van der Waals surface area contributed by atoms with Crippen LogP contribution in [-0.2, 0) is 0 Å². The Balaban J connectivity index is 2.31. The zero-order valence-corrected chi connectivity index (χ0v) is 17.8. The van der Waals surface area contributed by atoms with Gasteiger partial charge in [0.1, 0.15) is 0 Å². The minimum Gasteiger partial charge on any atom is -0.256 e. The van der Waals surface area contributed by atoms with Crippen molar-refractivity contribution in [3.8, 4) is 22.4 Å². The number of aryl methyl sites for hydroxylation is 4. The van der Waals surface area contributed by atoms with Crippen LogP contribution in [0.1, 0.15) is 59.6 Å². The summed E-state index contributed by atoms with van der Waals surface area (Å²) in [6, 6.07) is 13.6. The van der Waals surface area contributed by atoms with Gasteiger partial charge in [0.2, 0.25) is 0 Å². The van der Waals surface area contributed by atoms with Gasteiger partial charge in [0.15, 0.2) is 0 Å². The van der Waals surface area contributed by atoms with Crippen molar-refractivity contribution in [1.29, 1.82) is 0 Å². The van der Waals surface area contributed by atoms with Gasteiger partial charge in [-0.05, 0) is 92.5 Å². The van der Waals surface area contributed by atoms with E-state index in [2.05, 4.69) is 84.9 Å². The van der Waals surface area contributed by atoms with Gasteiger partial charge >= 0.3 is 0 Å². The van der Waals surface area contributed by atoms with E-state index in [1.54, 1.807) is 0 Å². The van der Waals surface area contributed by atoms with E-state index in [9.17, 15) is 0 Å². The summed E-state index contributed by atoms with van der Waals surface area (Å²) < 4.78 is 0. The number of hydrogen-bond donors (Lipinski definition) is 0. The van der Waals surface area contributed by atoms with E-state index in [0.29, 0.717) is 5.92 Å². The fourth-order valence-electron chi connectivity index (χ4n) is 4.06. The molecule has 0 saturated heterocycles. The molecule has 0 fully saturated rings. The first-order chi connectivity index (χ1) is 12.8. The minimum absolute atomic E-state index is 0.509. The Morgan fingerprint density at radius 2 is 1.44 bits per heavy atom. The highest BCUT2D eigenvalue weighted by atomic mass is 14.7. The molecule has 0 amide bonds. The zero-order valence-electron chi connectivity index (χ0n) is 17.8. The molecule has 1 nitrogen and oxygen atoms in total. The van der Waals surface area contributed by atoms with E-state index in [0.717, 1.165) is 12.1 Å². The first-order valence-corrected chi connectivity index (χ1v) is 9.97. The van der Waals surface area contributed by atoms with Crippen molar-refractivity contribution in [3.63, 3.8) is 0 Å². The van der Waals surface area contributed by atoms with Crippen molar-refractivity contribution < 1.29 is 0 Å². The van der Waals surface area contributed by atoms with Crippen molar-refractivity contribution in [1.82, 2.24) is 4.98 Å². The van der Waals surface area contributed by atoms with Crippen LogP contribution in [-0.4, -0.2) is 4.98 Å². The smallest absolute Gasteiger partial charge is 0.0736 e. The highest BCUT2D eigenvalue weighted by Gasteiger charge is 2.18. The van der Waals surface area contributed by atoms with E-state index >= 15 is 0 Å². The molecule has 0 spiro atoms. The molecule has 1 heteroatoms. The highest BCUT2D eigenvalue weighted by Crippen LogP contribution is 2.38. The van der Waals surface area contributed by atoms with Gasteiger partial charge in [-0.3, -0.25) is 4.98 Å². The molecule has 2 aromatic carbocycles. The fourth-order valence-corrected chi connectivity index (χ4v) is 4.06. The third-order valence-electron chi connectivity index (χ3n) is 5.78. The quantitative estimate of drug-likeness (QED) is 0.472. The molecule has 0 aliphatic heterocycles. The molecule has 0 bridgehead atoms. The Morgan fingerprint density at radius 1 is 0.815 bits per heavy atom. The van der Waals surface area contributed by atoms with Gasteiger partial charge in [0, 0.05) is 11.8 Å². The maximum Gasteiger partial charge on any atom is 0.0736 e. The van der Waals surface area contributed by atoms with Crippen molar-refractivity contribution in [2.45, 2.75) is 60.8 Å². The Kier molecular flexibility index (Phi) is 5.51. The molecule has 0 aliphatic rings. The summed E-state index contributed by atoms with van der Waals surface area (Å²) in [5, 5.41) is 0. The molecule has 140 valence electrons. The van der Waals surface area contributed by atoms with E-state index in [4.69, 9.17) is 4.98 Å². The average molecular weight is 358 g/mol. The van der Waals surface area contributed by atoms with Crippen LogP contribution in [0, 0.1) is 34.6 Å². The zero-order chi connectivity index (χ0) is 19.7. The van der Waals surface area contributed by atoms with Crippen LogP contribution in [0.2, 0.25) is 0 Å². The van der Waals surface area contributed by atoms with Crippen LogP contribution in [0.4, 0.5) is 0 Å². The number of nitrogens with zero attached hydrogens (tertiary/aromatic N) is 1. The van der Waals surface area contributed by atoms with Crippen molar-refractivity contribution >= 4 is 0 Å². The predicted molar refractivity (Wildman–Crippen MR) is 118 cm³/mol. The first-order valence-electron chi connectivity index (χ1n) is 9.97. The van der Waals surface area contributed by atoms with E-state index in [-0.39, 0.29) is 0 Å². The third-order valence-corrected chi connectivity index (χ3v) is 5.78. The summed E-state index contributed by atoms with van der Waals surface area (Å²) in [6.45, 7) is 15.5. The van der Waals surface area contributed by atoms with E-state index in [1.165, 1.54) is 50.1 Å². The molecule has 1 heterocycles. The average Bonchev–Trinajstić information content (AvgIpc) is 2.62. The largest absolute Gasteiger partial charge is 0.256 e. The molecule has 3 rings (SSSR count). The second-order valence-electron chi connectivity index (χ2n) is 8.04. The topological polar surface area (TPSA) is 12.9 Å². The van der Waals surface area contributed by atoms with Gasteiger partial charge in [0.05, 0.1) is 5.69 Å². The Labute approximate surface area is 164 Å². The SMILES string of the molecule is CCC(C)c1c(C)cc(-c2cc(C)cc(C)c2)cc1-c1nccc(C)c1C. The van der Waals surface area contributed by atoms with Gasteiger partial charge in [-0.15, -0.1) is 0 Å². The second kappa shape index (κ2) is 7.68. The molecule has 1 unspecified atom stereocenters. The van der Waals surface area contributed by atoms with Gasteiger partial charge < -0.3 is 0 Å². The maximum absolute atomic E-state index is 4.80. The lowest BCUT2D eigenvalue weighted by Crippen LogP contribution is -2.03. The lowest BCUT2D eigenvalue weighted by atomic mass is 9.84. The van der Waals surface area contributed by atoms with Crippen LogP contribution < -0.4 is 0 Å². The summed E-state index contributed by atoms with van der Waals surface area (Å²) in [5.41, 5.74) is 13.0. The predicted octanol–water partition coefficient (Wildman–Crippen LogP) is 7.47. The molecule has 0 saturated carbocycles. The van der Waals surface area contributed by atoms with Gasteiger partial charge in [-0.1, -0.05) is 49.2 Å². The molecular formula is C26H31N. The van der Waals surface area contributed by atoms with Crippen molar-refractivity contribution in [3.05, 3.63) is 76.0 Å². The van der Waals surface area contributed by atoms with E-state index in [1.807, 2.05) is 6.20 Å². The van der Waals surface area contributed by atoms with E-state index < -0.39 is 0 Å². The van der Waals surface area contributed by atoms with Crippen LogP contribution in [0.25, 0.3) is 22.4 Å². The number of hydrogen-bond acceptors (Lipinski definition) is 1. The van der Waals surface area contributed by atoms with Gasteiger partial charge in [-0.2, -0.15) is 0 Å².